The largest absolute Gasteiger partial charge is 0.351 e. The number of hydrogen-bond donors (Lipinski definition) is 1. The van der Waals surface area contributed by atoms with Gasteiger partial charge in [-0.05, 0) is 41.8 Å². The summed E-state index contributed by atoms with van der Waals surface area (Å²) in [5.74, 6) is 0.704. The van der Waals surface area contributed by atoms with Crippen LogP contribution in [0.5, 0.6) is 0 Å². The predicted molar refractivity (Wildman–Crippen MR) is 115 cm³/mol. The van der Waals surface area contributed by atoms with E-state index in [9.17, 15) is 4.79 Å². The van der Waals surface area contributed by atoms with Gasteiger partial charge in [0.2, 0.25) is 0 Å². The molecule has 5 heteroatoms. The Balaban J connectivity index is 1.40. The number of nitrogens with one attached hydrogen (secondary N) is 1. The molecule has 0 saturated heterocycles. The molecule has 28 heavy (non-hydrogen) atoms. The van der Waals surface area contributed by atoms with Crippen LogP contribution in [0.1, 0.15) is 6.42 Å². The van der Waals surface area contributed by atoms with E-state index in [0.29, 0.717) is 24.5 Å². The van der Waals surface area contributed by atoms with Gasteiger partial charge in [-0.1, -0.05) is 60.1 Å². The number of benzene rings is 2. The molecule has 1 aliphatic rings. The summed E-state index contributed by atoms with van der Waals surface area (Å²) in [5, 5.41) is 3.62. The number of hydrogen-bond acceptors (Lipinski definition) is 3. The van der Waals surface area contributed by atoms with Gasteiger partial charge >= 0.3 is 0 Å². The van der Waals surface area contributed by atoms with Crippen molar-refractivity contribution in [2.24, 2.45) is 0 Å². The van der Waals surface area contributed by atoms with Crippen molar-refractivity contribution in [1.29, 1.82) is 0 Å². The summed E-state index contributed by atoms with van der Waals surface area (Å²) >= 11 is 6.22. The fraction of sp³-hybridized carbons (Fsp3) is 0.130. The lowest BCUT2D eigenvalue weighted by Crippen LogP contribution is -2.32. The van der Waals surface area contributed by atoms with Crippen molar-refractivity contribution in [1.82, 2.24) is 4.98 Å². The number of rotatable bonds is 4. The SMILES string of the molecule is O=C(Nc1ccc(-c2ccccc2)cc1)C1=CCN(c2ncccc2Cl)CC1. The van der Waals surface area contributed by atoms with E-state index in [4.69, 9.17) is 11.6 Å². The van der Waals surface area contributed by atoms with Gasteiger partial charge in [0, 0.05) is 30.5 Å². The Morgan fingerprint density at radius 2 is 1.71 bits per heavy atom. The third-order valence-electron chi connectivity index (χ3n) is 4.79. The maximum Gasteiger partial charge on any atom is 0.251 e. The van der Waals surface area contributed by atoms with Gasteiger partial charge in [-0.15, -0.1) is 0 Å². The zero-order valence-electron chi connectivity index (χ0n) is 15.3. The van der Waals surface area contributed by atoms with E-state index in [1.165, 1.54) is 0 Å². The average molecular weight is 390 g/mol. The van der Waals surface area contributed by atoms with Gasteiger partial charge < -0.3 is 10.2 Å². The van der Waals surface area contributed by atoms with Crippen LogP contribution in [0.3, 0.4) is 0 Å². The average Bonchev–Trinajstić information content (AvgIpc) is 2.75. The Hall–Kier alpha value is -3.11. The van der Waals surface area contributed by atoms with Crippen molar-refractivity contribution in [2.75, 3.05) is 23.3 Å². The van der Waals surface area contributed by atoms with Gasteiger partial charge in [0.1, 0.15) is 5.82 Å². The lowest BCUT2D eigenvalue weighted by molar-refractivity contribution is -0.113. The lowest BCUT2D eigenvalue weighted by atomic mass is 10.0. The Labute approximate surface area is 169 Å². The van der Waals surface area contributed by atoms with Crippen LogP contribution in [0.4, 0.5) is 11.5 Å². The summed E-state index contributed by atoms with van der Waals surface area (Å²) in [6.07, 6.45) is 4.33. The molecule has 1 amide bonds. The van der Waals surface area contributed by atoms with Crippen LogP contribution in [0.15, 0.2) is 84.6 Å². The summed E-state index contributed by atoms with van der Waals surface area (Å²) in [5.41, 5.74) is 3.86. The van der Waals surface area contributed by atoms with Crippen molar-refractivity contribution in [3.8, 4) is 11.1 Å². The Kier molecular flexibility index (Phi) is 5.40. The van der Waals surface area contributed by atoms with Crippen LogP contribution < -0.4 is 10.2 Å². The fourth-order valence-electron chi connectivity index (χ4n) is 3.27. The first-order valence-corrected chi connectivity index (χ1v) is 9.60. The summed E-state index contributed by atoms with van der Waals surface area (Å²) in [6.45, 7) is 1.33. The van der Waals surface area contributed by atoms with Crippen molar-refractivity contribution < 1.29 is 4.79 Å². The quantitative estimate of drug-likeness (QED) is 0.668. The van der Waals surface area contributed by atoms with E-state index in [1.807, 2.05) is 60.7 Å². The fourth-order valence-corrected chi connectivity index (χ4v) is 3.51. The van der Waals surface area contributed by atoms with Crippen molar-refractivity contribution in [3.05, 3.63) is 89.6 Å². The van der Waals surface area contributed by atoms with Crippen molar-refractivity contribution in [3.63, 3.8) is 0 Å². The minimum Gasteiger partial charge on any atom is -0.351 e. The maximum absolute atomic E-state index is 12.6. The standard InChI is InChI=1S/C23H20ClN3O/c24-21-7-4-14-25-22(21)27-15-12-19(13-16-27)23(28)26-20-10-8-18(9-11-20)17-5-2-1-3-6-17/h1-12,14H,13,15-16H2,(H,26,28). The second-order valence-corrected chi connectivity index (χ2v) is 7.04. The minimum absolute atomic E-state index is 0.0563. The van der Waals surface area contributed by atoms with Gasteiger partial charge in [-0.25, -0.2) is 4.98 Å². The monoisotopic (exact) mass is 389 g/mol. The molecular formula is C23H20ClN3O. The summed E-state index contributed by atoms with van der Waals surface area (Å²) in [6, 6.07) is 21.7. The van der Waals surface area contributed by atoms with E-state index in [-0.39, 0.29) is 5.91 Å². The third-order valence-corrected chi connectivity index (χ3v) is 5.08. The molecule has 0 radical (unpaired) electrons. The van der Waals surface area contributed by atoms with E-state index in [0.717, 1.165) is 28.2 Å². The molecule has 0 unspecified atom stereocenters. The molecule has 0 spiro atoms. The molecule has 1 aromatic heterocycles. The van der Waals surface area contributed by atoms with Crippen LogP contribution in [0.25, 0.3) is 11.1 Å². The van der Waals surface area contributed by atoms with Crippen LogP contribution in [-0.4, -0.2) is 24.0 Å². The number of pyridine rings is 1. The van der Waals surface area contributed by atoms with E-state index < -0.39 is 0 Å². The number of nitrogens with zero attached hydrogens (tertiary/aromatic N) is 2. The van der Waals surface area contributed by atoms with Gasteiger partial charge in [-0.2, -0.15) is 0 Å². The highest BCUT2D eigenvalue weighted by Crippen LogP contribution is 2.26. The molecule has 2 aromatic carbocycles. The molecule has 1 aliphatic heterocycles. The minimum atomic E-state index is -0.0563. The molecule has 2 heterocycles. The zero-order chi connectivity index (χ0) is 19.3. The van der Waals surface area contributed by atoms with E-state index in [1.54, 1.807) is 6.20 Å². The van der Waals surface area contributed by atoms with Gasteiger partial charge in [0.15, 0.2) is 0 Å². The molecule has 0 fully saturated rings. The van der Waals surface area contributed by atoms with Gasteiger partial charge in [-0.3, -0.25) is 4.79 Å². The first-order chi connectivity index (χ1) is 13.7. The third kappa shape index (κ3) is 4.07. The van der Waals surface area contributed by atoms with E-state index >= 15 is 0 Å². The number of carbonyl (C=O) groups excluding carboxylic acids is 1. The van der Waals surface area contributed by atoms with Crippen LogP contribution in [0, 0.1) is 0 Å². The molecular weight excluding hydrogens is 370 g/mol. The summed E-state index contributed by atoms with van der Waals surface area (Å²) < 4.78 is 0. The first kappa shape index (κ1) is 18.3. The molecule has 4 nitrogen and oxygen atoms in total. The Bertz CT molecular complexity index is 1000. The number of carbonyl (C=O) groups is 1. The number of aromatic nitrogens is 1. The maximum atomic E-state index is 12.6. The Morgan fingerprint density at radius 3 is 2.39 bits per heavy atom. The summed E-state index contributed by atoms with van der Waals surface area (Å²) in [7, 11) is 0. The molecule has 0 atom stereocenters. The predicted octanol–water partition coefficient (Wildman–Crippen LogP) is 5.18. The van der Waals surface area contributed by atoms with Crippen LogP contribution in [0.2, 0.25) is 5.02 Å². The first-order valence-electron chi connectivity index (χ1n) is 9.22. The summed E-state index contributed by atoms with van der Waals surface area (Å²) in [4.78, 5) is 19.0. The normalized spacial score (nSPS) is 13.8. The van der Waals surface area contributed by atoms with Crippen molar-refractivity contribution in [2.45, 2.75) is 6.42 Å². The number of halogens is 1. The topological polar surface area (TPSA) is 45.2 Å². The van der Waals surface area contributed by atoms with Crippen LogP contribution >= 0.6 is 11.6 Å². The number of anilines is 2. The lowest BCUT2D eigenvalue weighted by Gasteiger charge is -2.27. The number of amides is 1. The zero-order valence-corrected chi connectivity index (χ0v) is 16.1. The molecule has 1 N–H and O–H groups in total. The molecule has 140 valence electrons. The van der Waals surface area contributed by atoms with Crippen molar-refractivity contribution >= 4 is 29.0 Å². The molecule has 0 aliphatic carbocycles. The second-order valence-electron chi connectivity index (χ2n) is 6.63. The highest BCUT2D eigenvalue weighted by Gasteiger charge is 2.19. The molecule has 0 saturated carbocycles. The van der Waals surface area contributed by atoms with Gasteiger partial charge in [0.25, 0.3) is 5.91 Å². The second kappa shape index (κ2) is 8.28. The molecule has 4 rings (SSSR count). The molecule has 3 aromatic rings. The van der Waals surface area contributed by atoms with Crippen LogP contribution in [-0.2, 0) is 4.79 Å². The van der Waals surface area contributed by atoms with Gasteiger partial charge in [0.05, 0.1) is 5.02 Å². The molecule has 0 bridgehead atoms. The van der Waals surface area contributed by atoms with E-state index in [2.05, 4.69) is 27.3 Å². The highest BCUT2D eigenvalue weighted by molar-refractivity contribution is 6.32. The highest BCUT2D eigenvalue weighted by atomic mass is 35.5. The smallest absolute Gasteiger partial charge is 0.251 e. The Morgan fingerprint density at radius 1 is 0.964 bits per heavy atom.